The molecule has 0 unspecified atom stereocenters. The molecule has 5 nitrogen and oxygen atoms in total. The molecule has 0 saturated heterocycles. The summed E-state index contributed by atoms with van der Waals surface area (Å²) in [7, 11) is 0. The summed E-state index contributed by atoms with van der Waals surface area (Å²) in [5.74, 6) is 0.441. The Morgan fingerprint density at radius 3 is 2.63 bits per heavy atom. The number of nitrogens with zero attached hydrogens (tertiary/aromatic N) is 2. The molecule has 1 heterocycles. The van der Waals surface area contributed by atoms with Gasteiger partial charge < -0.3 is 4.74 Å². The molecule has 0 radical (unpaired) electrons. The molecule has 1 N–H and O–H groups in total. The summed E-state index contributed by atoms with van der Waals surface area (Å²) in [6.45, 7) is 3.89. The van der Waals surface area contributed by atoms with Gasteiger partial charge in [-0.25, -0.2) is 0 Å². The molecule has 0 aliphatic heterocycles. The van der Waals surface area contributed by atoms with Crippen molar-refractivity contribution in [3.63, 3.8) is 0 Å². The Labute approximate surface area is 115 Å². The lowest BCUT2D eigenvalue weighted by Gasteiger charge is -2.06. The van der Waals surface area contributed by atoms with Gasteiger partial charge >= 0.3 is 0 Å². The van der Waals surface area contributed by atoms with Crippen molar-refractivity contribution in [1.29, 1.82) is 0 Å². The van der Waals surface area contributed by atoms with Crippen LogP contribution in [0.2, 0.25) is 0 Å². The molecule has 0 bridgehead atoms. The molecule has 2 rings (SSSR count). The van der Waals surface area contributed by atoms with E-state index in [1.54, 1.807) is 0 Å². The Bertz CT molecular complexity index is 551. The lowest BCUT2D eigenvalue weighted by Crippen LogP contribution is -2.20. The van der Waals surface area contributed by atoms with Crippen LogP contribution in [0.4, 0.5) is 5.13 Å². The molecule has 100 valence electrons. The van der Waals surface area contributed by atoms with Crippen LogP contribution in [0.3, 0.4) is 0 Å². The molecule has 0 saturated carbocycles. The van der Waals surface area contributed by atoms with Gasteiger partial charge in [-0.15, -0.1) is 10.2 Å². The summed E-state index contributed by atoms with van der Waals surface area (Å²) >= 11 is 1.33. The lowest BCUT2D eigenvalue weighted by atomic mass is 10.2. The third kappa shape index (κ3) is 4.03. The van der Waals surface area contributed by atoms with Crippen LogP contribution in [0.25, 0.3) is 0 Å². The molecule has 19 heavy (non-hydrogen) atoms. The number of rotatable bonds is 5. The van der Waals surface area contributed by atoms with Crippen molar-refractivity contribution < 1.29 is 9.53 Å². The minimum atomic E-state index is -0.240. The van der Waals surface area contributed by atoms with Crippen molar-refractivity contribution in [2.24, 2.45) is 0 Å². The number of benzene rings is 1. The molecular weight excluding hydrogens is 262 g/mol. The largest absolute Gasteiger partial charge is 0.484 e. The van der Waals surface area contributed by atoms with E-state index in [0.717, 1.165) is 11.4 Å². The molecule has 0 spiro atoms. The Kier molecular flexibility index (Phi) is 4.46. The van der Waals surface area contributed by atoms with Gasteiger partial charge in [-0.1, -0.05) is 30.4 Å². The van der Waals surface area contributed by atoms with Crippen LogP contribution in [0.15, 0.2) is 24.3 Å². The van der Waals surface area contributed by atoms with Crippen molar-refractivity contribution in [1.82, 2.24) is 10.2 Å². The van der Waals surface area contributed by atoms with Crippen molar-refractivity contribution in [3.05, 3.63) is 34.8 Å². The van der Waals surface area contributed by atoms with E-state index in [1.807, 2.05) is 31.2 Å². The minimum Gasteiger partial charge on any atom is -0.484 e. The van der Waals surface area contributed by atoms with Gasteiger partial charge in [0.1, 0.15) is 10.8 Å². The molecule has 0 atom stereocenters. The maximum Gasteiger partial charge on any atom is 0.264 e. The van der Waals surface area contributed by atoms with Crippen LogP contribution in [0.1, 0.15) is 17.5 Å². The quantitative estimate of drug-likeness (QED) is 0.911. The first kappa shape index (κ1) is 13.5. The fourth-order valence-electron chi connectivity index (χ4n) is 1.47. The van der Waals surface area contributed by atoms with Crippen LogP contribution in [0.5, 0.6) is 5.75 Å². The number of carbonyl (C=O) groups excluding carboxylic acids is 1. The van der Waals surface area contributed by atoms with Crippen LogP contribution < -0.4 is 10.1 Å². The van der Waals surface area contributed by atoms with E-state index in [-0.39, 0.29) is 12.5 Å². The third-order valence-corrected chi connectivity index (χ3v) is 3.23. The Hall–Kier alpha value is -1.95. The van der Waals surface area contributed by atoms with Gasteiger partial charge in [-0.2, -0.15) is 0 Å². The number of aryl methyl sites for hydroxylation is 2. The second-order valence-corrected chi connectivity index (χ2v) is 5.14. The predicted molar refractivity (Wildman–Crippen MR) is 74.6 cm³/mol. The number of amides is 1. The Balaban J connectivity index is 1.82. The van der Waals surface area contributed by atoms with Crippen LogP contribution >= 0.6 is 11.3 Å². The van der Waals surface area contributed by atoms with Gasteiger partial charge in [0.05, 0.1) is 0 Å². The second kappa shape index (κ2) is 6.29. The highest BCUT2D eigenvalue weighted by atomic mass is 32.1. The van der Waals surface area contributed by atoms with Gasteiger partial charge in [0, 0.05) is 0 Å². The molecule has 1 amide bonds. The van der Waals surface area contributed by atoms with Gasteiger partial charge in [-0.3, -0.25) is 10.1 Å². The monoisotopic (exact) mass is 277 g/mol. The molecule has 2 aromatic rings. The highest BCUT2D eigenvalue weighted by Gasteiger charge is 2.07. The summed E-state index contributed by atoms with van der Waals surface area (Å²) in [6, 6.07) is 7.70. The Morgan fingerprint density at radius 2 is 2.05 bits per heavy atom. The molecule has 1 aromatic carbocycles. The summed E-state index contributed by atoms with van der Waals surface area (Å²) in [5, 5.41) is 11.6. The highest BCUT2D eigenvalue weighted by Crippen LogP contribution is 2.14. The number of aromatic nitrogens is 2. The van der Waals surface area contributed by atoms with E-state index in [1.165, 1.54) is 16.9 Å². The maximum atomic E-state index is 11.6. The first-order valence-electron chi connectivity index (χ1n) is 5.99. The molecule has 0 aliphatic carbocycles. The SMILES string of the molecule is CCc1ccc(OCC(=O)Nc2nnc(C)s2)cc1. The van der Waals surface area contributed by atoms with Crippen molar-refractivity contribution in [2.45, 2.75) is 20.3 Å². The van der Waals surface area contributed by atoms with Crippen molar-refractivity contribution >= 4 is 22.4 Å². The standard InChI is InChI=1S/C13H15N3O2S/c1-3-10-4-6-11(7-5-10)18-8-12(17)14-13-16-15-9(2)19-13/h4-7H,3,8H2,1-2H3,(H,14,16,17). The van der Waals surface area contributed by atoms with Gasteiger partial charge in [0.2, 0.25) is 5.13 Å². The number of carbonyl (C=O) groups is 1. The summed E-state index contributed by atoms with van der Waals surface area (Å²) in [5.41, 5.74) is 1.24. The topological polar surface area (TPSA) is 64.1 Å². The summed E-state index contributed by atoms with van der Waals surface area (Å²) < 4.78 is 5.39. The third-order valence-electron chi connectivity index (χ3n) is 2.47. The van der Waals surface area contributed by atoms with Gasteiger partial charge in [-0.05, 0) is 31.0 Å². The van der Waals surface area contributed by atoms with E-state index in [2.05, 4.69) is 22.4 Å². The molecule has 6 heteroatoms. The number of ether oxygens (including phenoxy) is 1. The normalized spacial score (nSPS) is 10.2. The second-order valence-electron chi connectivity index (χ2n) is 3.96. The predicted octanol–water partition coefficient (Wildman–Crippen LogP) is 2.43. The minimum absolute atomic E-state index is 0.0376. The number of nitrogens with one attached hydrogen (secondary N) is 1. The van der Waals surface area contributed by atoms with Crippen LogP contribution in [0, 0.1) is 6.92 Å². The molecular formula is C13H15N3O2S. The van der Waals surface area contributed by atoms with E-state index in [0.29, 0.717) is 10.9 Å². The first-order chi connectivity index (χ1) is 9.17. The first-order valence-corrected chi connectivity index (χ1v) is 6.80. The average molecular weight is 277 g/mol. The van der Waals surface area contributed by atoms with Crippen molar-refractivity contribution in [2.75, 3.05) is 11.9 Å². The average Bonchev–Trinajstić information content (AvgIpc) is 2.82. The zero-order valence-electron chi connectivity index (χ0n) is 10.8. The Morgan fingerprint density at radius 1 is 1.32 bits per heavy atom. The van der Waals surface area contributed by atoms with E-state index < -0.39 is 0 Å². The van der Waals surface area contributed by atoms with E-state index in [9.17, 15) is 4.79 Å². The smallest absolute Gasteiger partial charge is 0.264 e. The zero-order valence-corrected chi connectivity index (χ0v) is 11.7. The van der Waals surface area contributed by atoms with Crippen LogP contribution in [-0.2, 0) is 11.2 Å². The van der Waals surface area contributed by atoms with E-state index in [4.69, 9.17) is 4.74 Å². The molecule has 0 aliphatic rings. The number of anilines is 1. The van der Waals surface area contributed by atoms with Gasteiger partial charge in [0.15, 0.2) is 6.61 Å². The fourth-order valence-corrected chi connectivity index (χ4v) is 2.08. The number of hydrogen-bond acceptors (Lipinski definition) is 5. The summed E-state index contributed by atoms with van der Waals surface area (Å²) in [4.78, 5) is 11.6. The molecule has 1 aromatic heterocycles. The van der Waals surface area contributed by atoms with E-state index >= 15 is 0 Å². The van der Waals surface area contributed by atoms with Gasteiger partial charge in [0.25, 0.3) is 5.91 Å². The maximum absolute atomic E-state index is 11.6. The highest BCUT2D eigenvalue weighted by molar-refractivity contribution is 7.15. The zero-order chi connectivity index (χ0) is 13.7. The van der Waals surface area contributed by atoms with Crippen molar-refractivity contribution in [3.8, 4) is 5.75 Å². The fraction of sp³-hybridized carbons (Fsp3) is 0.308. The van der Waals surface area contributed by atoms with Crippen LogP contribution in [-0.4, -0.2) is 22.7 Å². The molecule has 0 fully saturated rings. The summed E-state index contributed by atoms with van der Waals surface area (Å²) in [6.07, 6.45) is 0.983. The lowest BCUT2D eigenvalue weighted by molar-refractivity contribution is -0.118. The number of hydrogen-bond donors (Lipinski definition) is 1.